The van der Waals surface area contributed by atoms with Gasteiger partial charge in [0, 0.05) is 71.8 Å². The highest BCUT2D eigenvalue weighted by molar-refractivity contribution is 8.02. The van der Waals surface area contributed by atoms with Gasteiger partial charge in [-0.25, -0.2) is 0 Å². The van der Waals surface area contributed by atoms with Crippen molar-refractivity contribution in [3.63, 3.8) is 0 Å². The number of aromatic nitrogens is 2. The van der Waals surface area contributed by atoms with E-state index < -0.39 is 0 Å². The van der Waals surface area contributed by atoms with E-state index in [4.69, 9.17) is 0 Å². The molecule has 6 heterocycles. The summed E-state index contributed by atoms with van der Waals surface area (Å²) in [6, 6.07) is 78.1. The Kier molecular flexibility index (Phi) is 8.13. The number of para-hydroxylation sites is 4. The van der Waals surface area contributed by atoms with E-state index in [1.54, 1.807) is 0 Å². The summed E-state index contributed by atoms with van der Waals surface area (Å²) < 4.78 is 5.22. The Labute approximate surface area is 411 Å². The van der Waals surface area contributed by atoms with Gasteiger partial charge in [0.05, 0.1) is 33.4 Å². The topological polar surface area (TPSA) is 9.86 Å². The molecule has 16 rings (SSSR count). The number of rotatable bonds is 3. The molecule has 0 N–H and O–H groups in total. The second kappa shape index (κ2) is 14.4. The van der Waals surface area contributed by atoms with Gasteiger partial charge in [-0.15, -0.1) is 0 Å². The Balaban J connectivity index is 1.14. The van der Waals surface area contributed by atoms with Crippen LogP contribution in [0.1, 0.15) is 0 Å². The lowest BCUT2D eigenvalue weighted by molar-refractivity contribution is 1.11. The van der Waals surface area contributed by atoms with Gasteiger partial charge in [-0.2, -0.15) is 0 Å². The lowest BCUT2D eigenvalue weighted by Crippen LogP contribution is -2.58. The quantitative estimate of drug-likeness (QED) is 0.163. The van der Waals surface area contributed by atoms with Gasteiger partial charge in [-0.05, 0) is 71.6 Å². The molecule has 0 saturated heterocycles. The van der Waals surface area contributed by atoms with E-state index in [0.29, 0.717) is 0 Å². The highest BCUT2D eigenvalue weighted by atomic mass is 32.2. The van der Waals surface area contributed by atoms with Crippen molar-refractivity contribution < 1.29 is 0 Å². The second-order valence-corrected chi connectivity index (χ2v) is 22.5. The maximum absolute atomic E-state index is 2.61. The number of nitrogens with zero attached hydrogens (tertiary/aromatic N) is 2. The fourth-order valence-electron chi connectivity index (χ4n) is 12.1. The monoisotopic (exact) mass is 932 g/mol. The zero-order valence-electron chi connectivity index (χ0n) is 36.3. The molecule has 0 saturated carbocycles. The van der Waals surface area contributed by atoms with Gasteiger partial charge < -0.3 is 9.13 Å². The van der Waals surface area contributed by atoms with Crippen LogP contribution in [0.25, 0.3) is 66.1 Å². The third-order valence-electron chi connectivity index (χ3n) is 14.8. The summed E-state index contributed by atoms with van der Waals surface area (Å²) in [5.41, 5.74) is 18.3. The Morgan fingerprint density at radius 1 is 0.279 bits per heavy atom. The molecule has 12 aromatic rings. The smallest absolute Gasteiger partial charge is 0.247 e. The molecule has 68 heavy (non-hydrogen) atoms. The highest BCUT2D eigenvalue weighted by Gasteiger charge is 2.44. The van der Waals surface area contributed by atoms with Gasteiger partial charge in [-0.3, -0.25) is 0 Å². The average Bonchev–Trinajstić information content (AvgIpc) is 3.91. The van der Waals surface area contributed by atoms with Crippen LogP contribution >= 0.6 is 47.0 Å². The number of fused-ring (bicyclic) bond motifs is 14. The molecule has 8 heteroatoms. The van der Waals surface area contributed by atoms with Crippen molar-refractivity contribution in [2.75, 3.05) is 0 Å². The van der Waals surface area contributed by atoms with Crippen LogP contribution in [0, 0.1) is 0 Å². The molecule has 10 aromatic carbocycles. The molecule has 4 aliphatic rings. The van der Waals surface area contributed by atoms with Crippen LogP contribution in [0.4, 0.5) is 0 Å². The minimum atomic E-state index is 0.0927. The van der Waals surface area contributed by atoms with E-state index in [2.05, 4.69) is 215 Å². The molecule has 0 atom stereocenters. The molecule has 0 spiro atoms. The first-order valence-corrected chi connectivity index (χ1v) is 26.5. The predicted octanol–water partition coefficient (Wildman–Crippen LogP) is 12.4. The van der Waals surface area contributed by atoms with E-state index in [1.165, 1.54) is 138 Å². The number of benzene rings is 10. The summed E-state index contributed by atoms with van der Waals surface area (Å²) >= 11 is 7.85. The lowest BCUT2D eigenvalue weighted by atomic mass is 9.36. The molecule has 2 aromatic heterocycles. The molecule has 314 valence electrons. The van der Waals surface area contributed by atoms with E-state index >= 15 is 0 Å². The fraction of sp³-hybridized carbons (Fsp3) is 0. The summed E-state index contributed by atoms with van der Waals surface area (Å²) in [4.78, 5) is 10.7. The van der Waals surface area contributed by atoms with Gasteiger partial charge in [0.15, 0.2) is 0 Å². The molecule has 0 amide bonds. The first kappa shape index (κ1) is 38.3. The average molecular weight is 933 g/mol. The van der Waals surface area contributed by atoms with Crippen molar-refractivity contribution in [2.45, 2.75) is 39.2 Å². The summed E-state index contributed by atoms with van der Waals surface area (Å²) in [6.07, 6.45) is 0. The van der Waals surface area contributed by atoms with Gasteiger partial charge >= 0.3 is 0 Å². The highest BCUT2D eigenvalue weighted by Crippen LogP contribution is 2.54. The molecule has 2 nitrogen and oxygen atoms in total. The lowest BCUT2D eigenvalue weighted by Gasteiger charge is -2.38. The van der Waals surface area contributed by atoms with E-state index in [9.17, 15) is 0 Å². The summed E-state index contributed by atoms with van der Waals surface area (Å²) in [6.45, 7) is 0.185. The van der Waals surface area contributed by atoms with Crippen LogP contribution in [0.2, 0.25) is 0 Å². The normalized spacial score (nSPS) is 13.9. The Bertz CT molecular complexity index is 3810. The zero-order chi connectivity index (χ0) is 44.2. The van der Waals surface area contributed by atoms with Gasteiger partial charge in [0.2, 0.25) is 13.4 Å². The Morgan fingerprint density at radius 3 is 0.897 bits per heavy atom. The Hall–Kier alpha value is -6.67. The molecular formula is C60H34B2N2S4. The SMILES string of the molecule is c1ccc2c(c1)Sc1cc(-n3c4ccccc4c4ccccc43)c(-c3c(-n4c5ccccc5c5ccccc54)cc4c5c3Sc3ccccc3B5c3ccccc3S4)c3c1B2c1ccccc1S3. The van der Waals surface area contributed by atoms with E-state index in [1.807, 2.05) is 47.0 Å². The van der Waals surface area contributed by atoms with Crippen LogP contribution in [0.15, 0.2) is 245 Å². The standard InChI is InChI=1S/C60H34B2N2S4/c1-9-25-43-35(17-1)36-18-2-10-26-44(36)63(43)47-33-53-57-59(67-51-31-15-7-23-41(51)61(57)39-21-5-13-29-49(39)65-53)55(47)56-48(64-45-27-11-3-19-37(45)38-20-4-12-28-46(38)64)34-54-58-60(56)68-52-32-16-8-24-42(52)62(58)40-22-6-14-30-50(40)66-54/h1-34H. The summed E-state index contributed by atoms with van der Waals surface area (Å²) in [5.74, 6) is 0. The first-order valence-electron chi connectivity index (χ1n) is 23.2. The van der Waals surface area contributed by atoms with Crippen LogP contribution in [0.5, 0.6) is 0 Å². The van der Waals surface area contributed by atoms with Crippen molar-refractivity contribution in [3.05, 3.63) is 206 Å². The largest absolute Gasteiger partial charge is 0.309 e. The molecular weight excluding hydrogens is 899 g/mol. The minimum Gasteiger partial charge on any atom is -0.309 e. The maximum atomic E-state index is 2.61. The fourth-order valence-corrected chi connectivity index (χ4v) is 17.2. The van der Waals surface area contributed by atoms with Gasteiger partial charge in [0.25, 0.3) is 0 Å². The molecule has 0 aliphatic carbocycles. The van der Waals surface area contributed by atoms with Crippen molar-refractivity contribution in [2.24, 2.45) is 0 Å². The molecule has 0 unspecified atom stereocenters. The summed E-state index contributed by atoms with van der Waals surface area (Å²) in [7, 11) is 0. The van der Waals surface area contributed by atoms with Crippen LogP contribution in [-0.4, -0.2) is 22.6 Å². The molecule has 0 fully saturated rings. The Morgan fingerprint density at radius 2 is 0.559 bits per heavy atom. The first-order chi connectivity index (χ1) is 33.8. The molecule has 4 aliphatic heterocycles. The molecule has 0 bridgehead atoms. The maximum Gasteiger partial charge on any atom is 0.247 e. The zero-order valence-corrected chi connectivity index (χ0v) is 39.6. The van der Waals surface area contributed by atoms with Crippen LogP contribution in [0.3, 0.4) is 0 Å². The van der Waals surface area contributed by atoms with Crippen LogP contribution in [-0.2, 0) is 0 Å². The summed E-state index contributed by atoms with van der Waals surface area (Å²) in [5, 5.41) is 5.06. The van der Waals surface area contributed by atoms with Crippen molar-refractivity contribution in [3.8, 4) is 22.5 Å². The van der Waals surface area contributed by atoms with Crippen molar-refractivity contribution in [1.29, 1.82) is 0 Å². The van der Waals surface area contributed by atoms with E-state index in [-0.39, 0.29) is 13.4 Å². The second-order valence-electron chi connectivity index (χ2n) is 18.2. The number of hydrogen-bond acceptors (Lipinski definition) is 4. The van der Waals surface area contributed by atoms with Crippen molar-refractivity contribution in [1.82, 2.24) is 9.13 Å². The third-order valence-corrected chi connectivity index (χ3v) is 19.5. The predicted molar refractivity (Wildman–Crippen MR) is 292 cm³/mol. The van der Waals surface area contributed by atoms with Crippen LogP contribution < -0.4 is 32.8 Å². The van der Waals surface area contributed by atoms with Gasteiger partial charge in [-0.1, -0.05) is 214 Å². The molecule has 0 radical (unpaired) electrons. The number of hydrogen-bond donors (Lipinski definition) is 0. The van der Waals surface area contributed by atoms with E-state index in [0.717, 1.165) is 0 Å². The van der Waals surface area contributed by atoms with Gasteiger partial charge in [0.1, 0.15) is 0 Å². The van der Waals surface area contributed by atoms with Crippen molar-refractivity contribution >= 4 is 137 Å². The minimum absolute atomic E-state index is 0.0927. The third kappa shape index (κ3) is 5.18.